The second kappa shape index (κ2) is 4.84. The third kappa shape index (κ3) is 2.98. The van der Waals surface area contributed by atoms with Crippen LogP contribution in [0.1, 0.15) is 17.7 Å². The van der Waals surface area contributed by atoms with Gasteiger partial charge in [-0.05, 0) is 19.1 Å². The van der Waals surface area contributed by atoms with Gasteiger partial charge in [-0.15, -0.1) is 0 Å². The summed E-state index contributed by atoms with van der Waals surface area (Å²) in [6.07, 6.45) is 2.62. The van der Waals surface area contributed by atoms with E-state index in [0.29, 0.717) is 0 Å². The quantitative estimate of drug-likeness (QED) is 0.512. The van der Waals surface area contributed by atoms with Gasteiger partial charge >= 0.3 is 0 Å². The van der Waals surface area contributed by atoms with Crippen molar-refractivity contribution in [2.45, 2.75) is 13.3 Å². The maximum Gasteiger partial charge on any atom is 0.0385 e. The van der Waals surface area contributed by atoms with Gasteiger partial charge in [0, 0.05) is 29.6 Å². The Bertz CT molecular complexity index is 309. The highest BCUT2D eigenvalue weighted by molar-refractivity contribution is 7.80. The lowest BCUT2D eigenvalue weighted by atomic mass is 10.2. The predicted molar refractivity (Wildman–Crippen MR) is 54.3 cm³/mol. The maximum atomic E-state index is 4.09. The maximum absolute atomic E-state index is 4.09. The third-order valence-electron chi connectivity index (χ3n) is 1.37. The number of hydrogen-bond donors (Lipinski definition) is 1. The smallest absolute Gasteiger partial charge is 0.0385 e. The van der Waals surface area contributed by atoms with Gasteiger partial charge in [0.25, 0.3) is 0 Å². The molecule has 1 rings (SSSR count). The van der Waals surface area contributed by atoms with Crippen LogP contribution in [0.5, 0.6) is 0 Å². The highest BCUT2D eigenvalue weighted by atomic mass is 32.1. The zero-order valence-corrected chi connectivity index (χ0v) is 7.94. The summed E-state index contributed by atoms with van der Waals surface area (Å²) < 4.78 is 0. The Kier molecular flexibility index (Phi) is 3.69. The zero-order valence-electron chi connectivity index (χ0n) is 7.04. The van der Waals surface area contributed by atoms with Gasteiger partial charge in [-0.2, -0.15) is 12.6 Å². The van der Waals surface area contributed by atoms with Crippen molar-refractivity contribution in [3.8, 4) is 11.8 Å². The van der Waals surface area contributed by atoms with Crippen molar-refractivity contribution in [3.63, 3.8) is 0 Å². The van der Waals surface area contributed by atoms with Crippen LogP contribution in [0.4, 0.5) is 0 Å². The fraction of sp³-hybridized carbons (Fsp3) is 0.300. The van der Waals surface area contributed by atoms with Crippen LogP contribution in [0.2, 0.25) is 0 Å². The number of thiol groups is 1. The number of nitrogens with zero attached hydrogens (tertiary/aromatic N) is 1. The summed E-state index contributed by atoms with van der Waals surface area (Å²) in [5, 5.41) is 0. The van der Waals surface area contributed by atoms with E-state index in [-0.39, 0.29) is 0 Å². The van der Waals surface area contributed by atoms with Crippen molar-refractivity contribution >= 4 is 12.6 Å². The van der Waals surface area contributed by atoms with Crippen molar-refractivity contribution in [2.75, 3.05) is 5.75 Å². The van der Waals surface area contributed by atoms with E-state index in [4.69, 9.17) is 0 Å². The lowest BCUT2D eigenvalue weighted by Gasteiger charge is -1.90. The van der Waals surface area contributed by atoms with Gasteiger partial charge in [-0.1, -0.05) is 11.8 Å². The van der Waals surface area contributed by atoms with Gasteiger partial charge in [0.15, 0.2) is 0 Å². The average molecular weight is 177 g/mol. The van der Waals surface area contributed by atoms with E-state index < -0.39 is 0 Å². The molecule has 2 heteroatoms. The minimum Gasteiger partial charge on any atom is -0.262 e. The lowest BCUT2D eigenvalue weighted by molar-refractivity contribution is 1.19. The molecule has 62 valence electrons. The largest absolute Gasteiger partial charge is 0.262 e. The summed E-state index contributed by atoms with van der Waals surface area (Å²) >= 11 is 4.07. The Morgan fingerprint density at radius 2 is 2.42 bits per heavy atom. The molecule has 0 aliphatic heterocycles. The molecule has 0 radical (unpaired) electrons. The number of hydrogen-bond acceptors (Lipinski definition) is 2. The third-order valence-corrected chi connectivity index (χ3v) is 1.59. The topological polar surface area (TPSA) is 12.9 Å². The molecule has 1 aromatic rings. The van der Waals surface area contributed by atoms with Gasteiger partial charge in [-0.3, -0.25) is 4.98 Å². The number of pyridine rings is 1. The molecular weight excluding hydrogens is 166 g/mol. The molecule has 12 heavy (non-hydrogen) atoms. The lowest BCUT2D eigenvalue weighted by Crippen LogP contribution is -1.81. The van der Waals surface area contributed by atoms with Crippen LogP contribution in [0.3, 0.4) is 0 Å². The van der Waals surface area contributed by atoms with Crippen molar-refractivity contribution in [1.29, 1.82) is 0 Å². The van der Waals surface area contributed by atoms with Crippen LogP contribution in [-0.4, -0.2) is 10.7 Å². The van der Waals surface area contributed by atoms with E-state index in [1.54, 1.807) is 6.20 Å². The Balaban J connectivity index is 2.71. The summed E-state index contributed by atoms with van der Waals surface area (Å²) in [5.74, 6) is 6.89. The number of rotatable bonds is 1. The first-order chi connectivity index (χ1) is 5.83. The molecule has 0 aliphatic rings. The predicted octanol–water partition coefficient (Wildman–Crippen LogP) is 2.06. The molecule has 0 bridgehead atoms. The summed E-state index contributed by atoms with van der Waals surface area (Å²) in [6.45, 7) is 1.96. The summed E-state index contributed by atoms with van der Waals surface area (Å²) in [6, 6.07) is 3.89. The van der Waals surface area contributed by atoms with Crippen LogP contribution in [0, 0.1) is 18.8 Å². The fourth-order valence-corrected chi connectivity index (χ4v) is 0.956. The van der Waals surface area contributed by atoms with Gasteiger partial charge in [0.1, 0.15) is 0 Å². The Hall–Kier alpha value is -0.940. The van der Waals surface area contributed by atoms with Gasteiger partial charge < -0.3 is 0 Å². The second-order valence-electron chi connectivity index (χ2n) is 2.46. The van der Waals surface area contributed by atoms with Crippen LogP contribution in [0.15, 0.2) is 18.3 Å². The average Bonchev–Trinajstić information content (AvgIpc) is 2.05. The van der Waals surface area contributed by atoms with Crippen molar-refractivity contribution in [2.24, 2.45) is 0 Å². The van der Waals surface area contributed by atoms with E-state index in [2.05, 4.69) is 29.5 Å². The standard InChI is InChI=1S/C10H11NS/c1-9-8-10(5-6-11-9)4-2-3-7-12/h5-6,8,12H,3,7H2,1H3. The molecule has 0 atom stereocenters. The summed E-state index contributed by atoms with van der Waals surface area (Å²) in [7, 11) is 0. The molecule has 0 fully saturated rings. The van der Waals surface area contributed by atoms with Crippen LogP contribution >= 0.6 is 12.6 Å². The molecule has 1 aromatic heterocycles. The molecule has 1 heterocycles. The Labute approximate surface area is 78.6 Å². The molecule has 0 N–H and O–H groups in total. The highest BCUT2D eigenvalue weighted by Crippen LogP contribution is 1.98. The van der Waals surface area contributed by atoms with E-state index in [9.17, 15) is 0 Å². The van der Waals surface area contributed by atoms with E-state index in [0.717, 1.165) is 23.4 Å². The molecule has 0 aliphatic carbocycles. The van der Waals surface area contributed by atoms with Crippen molar-refractivity contribution in [3.05, 3.63) is 29.6 Å². The molecule has 0 saturated carbocycles. The van der Waals surface area contributed by atoms with Crippen LogP contribution < -0.4 is 0 Å². The van der Waals surface area contributed by atoms with Crippen molar-refractivity contribution in [1.82, 2.24) is 4.98 Å². The van der Waals surface area contributed by atoms with E-state index in [1.807, 2.05) is 19.1 Å². The minimum absolute atomic E-state index is 0.817. The van der Waals surface area contributed by atoms with Crippen LogP contribution in [-0.2, 0) is 0 Å². The molecule has 1 nitrogen and oxygen atoms in total. The summed E-state index contributed by atoms with van der Waals surface area (Å²) in [5.41, 5.74) is 2.04. The molecule has 0 unspecified atom stereocenters. The monoisotopic (exact) mass is 177 g/mol. The molecule has 0 aromatic carbocycles. The first-order valence-corrected chi connectivity index (χ1v) is 4.48. The van der Waals surface area contributed by atoms with Gasteiger partial charge in [0.05, 0.1) is 0 Å². The Morgan fingerprint density at radius 3 is 3.08 bits per heavy atom. The number of aryl methyl sites for hydroxylation is 1. The number of aromatic nitrogens is 1. The van der Waals surface area contributed by atoms with Gasteiger partial charge in [-0.25, -0.2) is 0 Å². The van der Waals surface area contributed by atoms with Gasteiger partial charge in [0.2, 0.25) is 0 Å². The molecular formula is C10H11NS. The van der Waals surface area contributed by atoms with E-state index >= 15 is 0 Å². The second-order valence-corrected chi connectivity index (χ2v) is 2.91. The van der Waals surface area contributed by atoms with Crippen molar-refractivity contribution < 1.29 is 0 Å². The normalized spacial score (nSPS) is 8.83. The first kappa shape index (κ1) is 9.15. The zero-order chi connectivity index (χ0) is 8.81. The minimum atomic E-state index is 0.817. The SMILES string of the molecule is Cc1cc(C#CCCS)ccn1. The highest BCUT2D eigenvalue weighted by Gasteiger charge is 1.86. The summed E-state index contributed by atoms with van der Waals surface area (Å²) in [4.78, 5) is 4.09. The molecule has 0 spiro atoms. The van der Waals surface area contributed by atoms with Crippen LogP contribution in [0.25, 0.3) is 0 Å². The fourth-order valence-electron chi connectivity index (χ4n) is 0.844. The molecule has 0 amide bonds. The Morgan fingerprint density at radius 1 is 1.58 bits per heavy atom. The molecule has 0 saturated heterocycles. The first-order valence-electron chi connectivity index (χ1n) is 3.85. The van der Waals surface area contributed by atoms with E-state index in [1.165, 1.54) is 0 Å².